The first-order chi connectivity index (χ1) is 14.4. The molecule has 2 N–H and O–H groups in total. The van der Waals surface area contributed by atoms with Crippen molar-refractivity contribution in [2.75, 3.05) is 23.3 Å². The van der Waals surface area contributed by atoms with Crippen molar-refractivity contribution in [1.82, 2.24) is 4.57 Å². The van der Waals surface area contributed by atoms with Gasteiger partial charge in [0.25, 0.3) is 5.17 Å². The lowest BCUT2D eigenvalue weighted by molar-refractivity contribution is 0.0697. The van der Waals surface area contributed by atoms with E-state index in [1.54, 1.807) is 30.3 Å². The Bertz CT molecular complexity index is 1100. The normalized spacial score (nSPS) is 13.6. The number of aromatic carboxylic acids is 1. The number of carboxylic acid groups (broad SMARTS) is 1. The van der Waals surface area contributed by atoms with Crippen molar-refractivity contribution >= 4 is 57.9 Å². The van der Waals surface area contributed by atoms with E-state index in [0.29, 0.717) is 34.5 Å². The minimum absolute atomic E-state index is 0.123. The Kier molecular flexibility index (Phi) is 5.85. The van der Waals surface area contributed by atoms with Crippen LogP contribution >= 0.6 is 35.4 Å². The number of para-hydroxylation sites is 1. The number of nitrogens with zero attached hydrogens (tertiary/aromatic N) is 2. The Balaban J connectivity index is 1.44. The van der Waals surface area contributed by atoms with Crippen LogP contribution in [0.5, 0.6) is 0 Å². The molecule has 154 valence electrons. The summed E-state index contributed by atoms with van der Waals surface area (Å²) >= 11 is 17.3. The van der Waals surface area contributed by atoms with E-state index in [1.165, 1.54) is 0 Å². The van der Waals surface area contributed by atoms with E-state index in [9.17, 15) is 9.90 Å². The monoisotopic (exact) mass is 461 g/mol. The predicted octanol–water partition coefficient (Wildman–Crippen LogP) is 5.08. The van der Waals surface area contributed by atoms with Gasteiger partial charge in [0.2, 0.25) is 0 Å². The third kappa shape index (κ3) is 4.23. The lowest BCUT2D eigenvalue weighted by atomic mass is 10.1. The Labute approximate surface area is 188 Å². The van der Waals surface area contributed by atoms with Crippen molar-refractivity contribution in [1.29, 1.82) is 0 Å². The van der Waals surface area contributed by atoms with Gasteiger partial charge >= 0.3 is 5.97 Å². The van der Waals surface area contributed by atoms with E-state index in [0.717, 1.165) is 5.69 Å². The Morgan fingerprint density at radius 2 is 1.87 bits per heavy atom. The lowest BCUT2D eigenvalue weighted by Crippen LogP contribution is -2.53. The number of benzene rings is 2. The van der Waals surface area contributed by atoms with Crippen LogP contribution < -0.4 is 10.2 Å². The van der Waals surface area contributed by atoms with Gasteiger partial charge in [-0.05, 0) is 54.7 Å². The average Bonchev–Trinajstić information content (AvgIpc) is 3.20. The fraction of sp³-hybridized carbons (Fsp3) is 0.143. The molecule has 1 aliphatic rings. The van der Waals surface area contributed by atoms with E-state index in [-0.39, 0.29) is 16.8 Å². The zero-order chi connectivity index (χ0) is 21.3. The second-order valence-corrected chi connectivity index (χ2v) is 7.96. The maximum atomic E-state index is 11.7. The number of ether oxygens (including phenoxy) is 1. The van der Waals surface area contributed by atoms with Crippen LogP contribution in [-0.2, 0) is 4.74 Å². The first-order valence-corrected chi connectivity index (χ1v) is 10.3. The van der Waals surface area contributed by atoms with Gasteiger partial charge in [0.15, 0.2) is 0 Å². The number of halogens is 2. The summed E-state index contributed by atoms with van der Waals surface area (Å²) in [6.07, 6.45) is 3.53. The molecule has 6 nitrogen and oxygen atoms in total. The van der Waals surface area contributed by atoms with Crippen molar-refractivity contribution in [3.8, 4) is 5.69 Å². The second-order valence-electron chi connectivity index (χ2n) is 6.75. The summed E-state index contributed by atoms with van der Waals surface area (Å²) in [6, 6.07) is 14.0. The first-order valence-electron chi connectivity index (χ1n) is 9.09. The number of hydrogen-bond donors (Lipinski definition) is 2. The molecule has 1 aromatic heterocycles. The van der Waals surface area contributed by atoms with Crippen LogP contribution in [0.15, 0.2) is 60.9 Å². The van der Waals surface area contributed by atoms with Gasteiger partial charge in [0.1, 0.15) is 6.10 Å². The number of rotatable bonds is 5. The van der Waals surface area contributed by atoms with E-state index in [2.05, 4.69) is 10.2 Å². The molecular formula is C21H17Cl2N3O3S. The molecule has 1 aliphatic heterocycles. The van der Waals surface area contributed by atoms with Crippen molar-refractivity contribution in [3.63, 3.8) is 0 Å². The second kappa shape index (κ2) is 8.55. The van der Waals surface area contributed by atoms with Crippen molar-refractivity contribution in [2.24, 2.45) is 0 Å². The van der Waals surface area contributed by atoms with E-state index in [1.807, 2.05) is 35.2 Å². The summed E-state index contributed by atoms with van der Waals surface area (Å²) in [7, 11) is 0. The molecule has 0 atom stereocenters. The highest BCUT2D eigenvalue weighted by Gasteiger charge is 2.32. The summed E-state index contributed by atoms with van der Waals surface area (Å²) in [5.74, 6) is -0.973. The molecule has 3 aromatic rings. The Morgan fingerprint density at radius 1 is 1.13 bits per heavy atom. The van der Waals surface area contributed by atoms with Gasteiger partial charge in [0.05, 0.1) is 40.7 Å². The number of nitrogens with one attached hydrogen (secondary N) is 1. The minimum atomic E-state index is -0.973. The van der Waals surface area contributed by atoms with E-state index in [4.69, 9.17) is 40.2 Å². The van der Waals surface area contributed by atoms with Crippen LogP contribution in [0.1, 0.15) is 10.4 Å². The smallest absolute Gasteiger partial charge is 0.337 e. The molecule has 1 fully saturated rings. The van der Waals surface area contributed by atoms with Gasteiger partial charge in [-0.3, -0.25) is 0 Å². The molecule has 0 radical (unpaired) electrons. The average molecular weight is 462 g/mol. The number of aromatic nitrogens is 1. The van der Waals surface area contributed by atoms with Gasteiger partial charge in [-0.1, -0.05) is 29.3 Å². The zero-order valence-electron chi connectivity index (χ0n) is 15.6. The van der Waals surface area contributed by atoms with Crippen LogP contribution in [0, 0.1) is 0 Å². The van der Waals surface area contributed by atoms with Gasteiger partial charge in [0, 0.05) is 17.4 Å². The molecule has 0 saturated carbocycles. The van der Waals surface area contributed by atoms with Crippen molar-refractivity contribution in [2.45, 2.75) is 6.10 Å². The van der Waals surface area contributed by atoms with Gasteiger partial charge in [-0.25, -0.2) is 4.79 Å². The van der Waals surface area contributed by atoms with E-state index < -0.39 is 5.97 Å². The summed E-state index contributed by atoms with van der Waals surface area (Å²) in [5, 5.41) is 13.8. The van der Waals surface area contributed by atoms with E-state index >= 15 is 0 Å². The topological polar surface area (TPSA) is 66.7 Å². The molecule has 2 aromatic carbocycles. The fourth-order valence-corrected chi connectivity index (χ4v) is 4.01. The number of anilines is 2. The predicted molar refractivity (Wildman–Crippen MR) is 122 cm³/mol. The highest BCUT2D eigenvalue weighted by atomic mass is 35.5. The highest BCUT2D eigenvalue weighted by Crippen LogP contribution is 2.32. The summed E-state index contributed by atoms with van der Waals surface area (Å²) in [5.41, 5.74) is 2.31. The van der Waals surface area contributed by atoms with Crippen molar-refractivity contribution in [3.05, 3.63) is 76.5 Å². The zero-order valence-corrected chi connectivity index (χ0v) is 17.9. The molecule has 30 heavy (non-hydrogen) atoms. The molecule has 0 bridgehead atoms. The molecule has 0 unspecified atom stereocenters. The number of carboxylic acids is 1. The molecular weight excluding hydrogens is 445 g/mol. The number of carbonyl (C=O) groups is 1. The van der Waals surface area contributed by atoms with Crippen molar-refractivity contribution < 1.29 is 14.6 Å². The lowest BCUT2D eigenvalue weighted by Gasteiger charge is -2.41. The maximum Gasteiger partial charge on any atom is 0.337 e. The Morgan fingerprint density at radius 3 is 2.53 bits per heavy atom. The van der Waals surface area contributed by atoms with Gasteiger partial charge in [-0.15, -0.1) is 0 Å². The maximum absolute atomic E-state index is 11.7. The molecule has 2 heterocycles. The summed E-state index contributed by atoms with van der Waals surface area (Å²) < 4.78 is 7.61. The molecule has 0 amide bonds. The minimum Gasteiger partial charge on any atom is -0.478 e. The highest BCUT2D eigenvalue weighted by molar-refractivity contribution is 7.80. The molecule has 4 rings (SSSR count). The number of hydrogen-bond acceptors (Lipinski definition) is 4. The third-order valence-corrected chi connectivity index (χ3v) is 5.48. The first kappa shape index (κ1) is 20.5. The summed E-state index contributed by atoms with van der Waals surface area (Å²) in [4.78, 5) is 13.8. The van der Waals surface area contributed by atoms with Crippen LogP contribution in [0.25, 0.3) is 5.69 Å². The molecule has 0 spiro atoms. The molecule has 1 saturated heterocycles. The van der Waals surface area contributed by atoms with Crippen LogP contribution in [0.4, 0.5) is 11.4 Å². The van der Waals surface area contributed by atoms with Gasteiger partial charge in [-0.2, -0.15) is 0 Å². The standard InChI is InChI=1S/C21H17Cl2N3O3S/c22-13-6-7-17(16(23)10-13)24-21(30)29-14-11-26(12-14)18-5-3-4-15(20(27)28)19(18)25-8-1-2-9-25/h1-10,14H,11-12H2,(H,24,30)(H,27,28). The SMILES string of the molecule is O=C(O)c1cccc(N2CC(OC(=S)Nc3ccc(Cl)cc3Cl)C2)c1-n1cccc1. The number of thiocarbonyl (C=S) groups is 1. The fourth-order valence-electron chi connectivity index (χ4n) is 3.31. The molecule has 9 heteroatoms. The Hall–Kier alpha value is -2.74. The van der Waals surface area contributed by atoms with Crippen LogP contribution in [0.3, 0.4) is 0 Å². The quantitative estimate of drug-likeness (QED) is 0.516. The van der Waals surface area contributed by atoms with Crippen LogP contribution in [-0.4, -0.2) is 40.0 Å². The largest absolute Gasteiger partial charge is 0.478 e. The van der Waals surface area contributed by atoms with Gasteiger partial charge < -0.3 is 24.6 Å². The molecule has 0 aliphatic carbocycles. The van der Waals surface area contributed by atoms with Crippen LogP contribution in [0.2, 0.25) is 10.0 Å². The summed E-state index contributed by atoms with van der Waals surface area (Å²) in [6.45, 7) is 1.15. The third-order valence-electron chi connectivity index (χ3n) is 4.74.